The third-order valence-electron chi connectivity index (χ3n) is 4.62. The predicted octanol–water partition coefficient (Wildman–Crippen LogP) is 1.70. The molecular formula is C20H26N2O7. The molecule has 1 heterocycles. The number of carboxylic acid groups (broad SMARTS) is 1. The van der Waals surface area contributed by atoms with Crippen LogP contribution in [0.3, 0.4) is 0 Å². The summed E-state index contributed by atoms with van der Waals surface area (Å²) in [4.78, 5) is 48.4. The van der Waals surface area contributed by atoms with Crippen molar-refractivity contribution in [3.05, 3.63) is 35.9 Å². The van der Waals surface area contributed by atoms with Crippen LogP contribution in [0.5, 0.6) is 0 Å². The Hall–Kier alpha value is -3.10. The van der Waals surface area contributed by atoms with Crippen LogP contribution in [0.2, 0.25) is 0 Å². The van der Waals surface area contributed by atoms with E-state index in [2.05, 4.69) is 5.32 Å². The minimum absolute atomic E-state index is 0.0160. The number of methoxy groups -OCH3 is 1. The molecule has 0 saturated carbocycles. The van der Waals surface area contributed by atoms with Crippen molar-refractivity contribution in [2.24, 2.45) is 0 Å². The molecule has 0 unspecified atom stereocenters. The number of hydrogen-bond donors (Lipinski definition) is 2. The van der Waals surface area contributed by atoms with Crippen molar-refractivity contribution < 1.29 is 33.8 Å². The van der Waals surface area contributed by atoms with Gasteiger partial charge in [0.05, 0.1) is 7.11 Å². The first-order valence-corrected chi connectivity index (χ1v) is 9.47. The van der Waals surface area contributed by atoms with Gasteiger partial charge in [-0.1, -0.05) is 30.3 Å². The lowest BCUT2D eigenvalue weighted by molar-refractivity contribution is -0.145. The van der Waals surface area contributed by atoms with Crippen molar-refractivity contribution in [1.82, 2.24) is 10.2 Å². The highest BCUT2D eigenvalue weighted by Gasteiger charge is 2.41. The molecule has 9 heteroatoms. The number of esters is 1. The van der Waals surface area contributed by atoms with Crippen molar-refractivity contribution in [2.45, 2.75) is 50.8 Å². The van der Waals surface area contributed by atoms with Crippen LogP contribution < -0.4 is 5.32 Å². The zero-order valence-electron chi connectivity index (χ0n) is 16.3. The second-order valence-electron chi connectivity index (χ2n) is 6.83. The SMILES string of the molecule is COC(=O)[C@@H]1C[C@H](NC(=O)CCCCC(=O)O)CN1C(=O)OCc1ccccc1. The van der Waals surface area contributed by atoms with E-state index in [1.54, 1.807) is 0 Å². The number of ether oxygens (including phenoxy) is 2. The fourth-order valence-electron chi connectivity index (χ4n) is 3.17. The molecule has 0 spiro atoms. The molecule has 1 aromatic carbocycles. The number of carboxylic acids is 1. The Morgan fingerprint density at radius 1 is 1.14 bits per heavy atom. The van der Waals surface area contributed by atoms with Gasteiger partial charge in [0.25, 0.3) is 0 Å². The van der Waals surface area contributed by atoms with Crippen molar-refractivity contribution >= 4 is 23.9 Å². The molecule has 158 valence electrons. The first kappa shape index (κ1) is 22.2. The van der Waals surface area contributed by atoms with Crippen LogP contribution >= 0.6 is 0 Å². The highest BCUT2D eigenvalue weighted by molar-refractivity contribution is 5.83. The topological polar surface area (TPSA) is 122 Å². The van der Waals surface area contributed by atoms with E-state index in [-0.39, 0.29) is 38.3 Å². The minimum Gasteiger partial charge on any atom is -0.481 e. The molecule has 1 saturated heterocycles. The van der Waals surface area contributed by atoms with Gasteiger partial charge in [-0.2, -0.15) is 0 Å². The van der Waals surface area contributed by atoms with Gasteiger partial charge in [-0.25, -0.2) is 9.59 Å². The lowest BCUT2D eigenvalue weighted by Gasteiger charge is -2.21. The normalized spacial score (nSPS) is 18.2. The van der Waals surface area contributed by atoms with Crippen LogP contribution in [-0.2, 0) is 30.5 Å². The minimum atomic E-state index is -0.897. The van der Waals surface area contributed by atoms with Gasteiger partial charge in [-0.15, -0.1) is 0 Å². The van der Waals surface area contributed by atoms with Gasteiger partial charge in [-0.05, 0) is 18.4 Å². The molecule has 2 atom stereocenters. The maximum absolute atomic E-state index is 12.5. The van der Waals surface area contributed by atoms with Gasteiger partial charge < -0.3 is 19.9 Å². The lowest BCUT2D eigenvalue weighted by Crippen LogP contribution is -2.42. The number of amides is 2. The molecule has 0 aliphatic carbocycles. The van der Waals surface area contributed by atoms with E-state index < -0.39 is 30.1 Å². The smallest absolute Gasteiger partial charge is 0.410 e. The van der Waals surface area contributed by atoms with Crippen LogP contribution in [0, 0.1) is 0 Å². The number of benzene rings is 1. The molecule has 1 aliphatic heterocycles. The van der Waals surface area contributed by atoms with Crippen LogP contribution in [-0.4, -0.2) is 59.7 Å². The van der Waals surface area contributed by atoms with Gasteiger partial charge in [0.1, 0.15) is 12.6 Å². The second kappa shape index (κ2) is 11.0. The van der Waals surface area contributed by atoms with E-state index in [1.807, 2.05) is 30.3 Å². The van der Waals surface area contributed by atoms with Crippen LogP contribution in [0.4, 0.5) is 4.79 Å². The summed E-state index contributed by atoms with van der Waals surface area (Å²) < 4.78 is 10.1. The summed E-state index contributed by atoms with van der Waals surface area (Å²) in [7, 11) is 1.24. The number of unbranched alkanes of at least 4 members (excludes halogenated alkanes) is 1. The summed E-state index contributed by atoms with van der Waals surface area (Å²) >= 11 is 0. The molecule has 2 rings (SSSR count). The van der Waals surface area contributed by atoms with Gasteiger partial charge in [0.2, 0.25) is 5.91 Å². The first-order chi connectivity index (χ1) is 13.9. The number of likely N-dealkylation sites (tertiary alicyclic amines) is 1. The molecule has 1 aliphatic rings. The number of hydrogen-bond acceptors (Lipinski definition) is 6. The standard InChI is InChI=1S/C20H26N2O7/c1-28-19(26)16-11-15(21-17(23)9-5-6-10-18(24)25)12-22(16)20(27)29-13-14-7-3-2-4-8-14/h2-4,7-8,15-16H,5-6,9-13H2,1H3,(H,21,23)(H,24,25)/t15-,16-/m0/s1. The summed E-state index contributed by atoms with van der Waals surface area (Å²) in [5.74, 6) is -1.71. The number of carbonyl (C=O) groups is 4. The number of aliphatic carboxylic acids is 1. The van der Waals surface area contributed by atoms with Crippen molar-refractivity contribution in [3.8, 4) is 0 Å². The Morgan fingerprint density at radius 3 is 2.48 bits per heavy atom. The molecule has 2 N–H and O–H groups in total. The summed E-state index contributed by atoms with van der Waals surface area (Å²) in [6.45, 7) is 0.207. The maximum Gasteiger partial charge on any atom is 0.410 e. The van der Waals surface area contributed by atoms with E-state index in [9.17, 15) is 19.2 Å². The fourth-order valence-corrected chi connectivity index (χ4v) is 3.17. The van der Waals surface area contributed by atoms with Gasteiger partial charge in [0.15, 0.2) is 0 Å². The Balaban J connectivity index is 1.88. The third-order valence-corrected chi connectivity index (χ3v) is 4.62. The fraction of sp³-hybridized carbons (Fsp3) is 0.500. The predicted molar refractivity (Wildman–Crippen MR) is 102 cm³/mol. The van der Waals surface area contributed by atoms with E-state index in [1.165, 1.54) is 12.0 Å². The molecule has 1 aromatic rings. The van der Waals surface area contributed by atoms with Crippen molar-refractivity contribution in [2.75, 3.05) is 13.7 Å². The summed E-state index contributed by atoms with van der Waals surface area (Å²) in [5.41, 5.74) is 0.820. The number of nitrogens with one attached hydrogen (secondary N) is 1. The third kappa shape index (κ3) is 7.10. The Bertz CT molecular complexity index is 723. The van der Waals surface area contributed by atoms with Crippen LogP contribution in [0.25, 0.3) is 0 Å². The van der Waals surface area contributed by atoms with Gasteiger partial charge in [0, 0.05) is 31.8 Å². The molecule has 29 heavy (non-hydrogen) atoms. The molecule has 1 fully saturated rings. The van der Waals surface area contributed by atoms with Crippen molar-refractivity contribution in [1.29, 1.82) is 0 Å². The summed E-state index contributed by atoms with van der Waals surface area (Å²) in [6.07, 6.45) is 0.647. The first-order valence-electron chi connectivity index (χ1n) is 9.47. The Kier molecular flexibility index (Phi) is 8.45. The summed E-state index contributed by atoms with van der Waals surface area (Å²) in [5, 5.41) is 11.4. The molecule has 0 radical (unpaired) electrons. The van der Waals surface area contributed by atoms with E-state index in [0.29, 0.717) is 12.8 Å². The second-order valence-corrected chi connectivity index (χ2v) is 6.83. The average molecular weight is 406 g/mol. The largest absolute Gasteiger partial charge is 0.481 e. The molecule has 9 nitrogen and oxygen atoms in total. The quantitative estimate of drug-likeness (QED) is 0.473. The molecule has 0 bridgehead atoms. The Morgan fingerprint density at radius 2 is 1.83 bits per heavy atom. The van der Waals surface area contributed by atoms with Gasteiger partial charge in [-0.3, -0.25) is 14.5 Å². The van der Waals surface area contributed by atoms with Crippen LogP contribution in [0.15, 0.2) is 30.3 Å². The lowest BCUT2D eigenvalue weighted by atomic mass is 10.1. The molecular weight excluding hydrogens is 380 g/mol. The Labute approximate surface area is 169 Å². The zero-order chi connectivity index (χ0) is 21.2. The molecule has 2 amide bonds. The van der Waals surface area contributed by atoms with E-state index >= 15 is 0 Å². The maximum atomic E-state index is 12.5. The average Bonchev–Trinajstić information content (AvgIpc) is 3.13. The monoisotopic (exact) mass is 406 g/mol. The van der Waals surface area contributed by atoms with Gasteiger partial charge >= 0.3 is 18.0 Å². The summed E-state index contributed by atoms with van der Waals surface area (Å²) in [6, 6.07) is 7.92. The van der Waals surface area contributed by atoms with Crippen molar-refractivity contribution in [3.63, 3.8) is 0 Å². The highest BCUT2D eigenvalue weighted by Crippen LogP contribution is 2.21. The van der Waals surface area contributed by atoms with E-state index in [4.69, 9.17) is 14.6 Å². The zero-order valence-corrected chi connectivity index (χ0v) is 16.3. The molecule has 0 aromatic heterocycles. The van der Waals surface area contributed by atoms with Crippen LogP contribution in [0.1, 0.15) is 37.7 Å². The number of nitrogens with zero attached hydrogens (tertiary/aromatic N) is 1. The highest BCUT2D eigenvalue weighted by atomic mass is 16.6. The number of rotatable bonds is 9. The van der Waals surface area contributed by atoms with E-state index in [0.717, 1.165) is 5.56 Å². The number of carbonyl (C=O) groups excluding carboxylic acids is 3.